The first-order chi connectivity index (χ1) is 9.82. The smallest absolute Gasteiger partial charge is 0.231 e. The maximum absolute atomic E-state index is 11.9. The van der Waals surface area contributed by atoms with E-state index in [1.807, 2.05) is 20.8 Å². The lowest BCUT2D eigenvalue weighted by molar-refractivity contribution is -0.126. The van der Waals surface area contributed by atoms with Crippen LogP contribution in [0.2, 0.25) is 0 Å². The van der Waals surface area contributed by atoms with Gasteiger partial charge in [0.2, 0.25) is 5.91 Å². The van der Waals surface area contributed by atoms with E-state index in [2.05, 4.69) is 16.7 Å². The van der Waals surface area contributed by atoms with Gasteiger partial charge in [-0.15, -0.1) is 11.3 Å². The van der Waals surface area contributed by atoms with E-state index in [0.29, 0.717) is 5.56 Å². The first-order valence-corrected chi connectivity index (χ1v) is 8.22. The van der Waals surface area contributed by atoms with Crippen LogP contribution in [-0.2, 0) is 17.6 Å². The highest BCUT2D eigenvalue weighted by Crippen LogP contribution is 2.37. The van der Waals surface area contributed by atoms with Gasteiger partial charge in [-0.2, -0.15) is 5.26 Å². The zero-order chi connectivity index (χ0) is 15.6. The van der Waals surface area contributed by atoms with Crippen molar-refractivity contribution >= 4 is 39.6 Å². The predicted molar refractivity (Wildman–Crippen MR) is 89.5 cm³/mol. The summed E-state index contributed by atoms with van der Waals surface area (Å²) in [7, 11) is 0. The van der Waals surface area contributed by atoms with Gasteiger partial charge in [0.1, 0.15) is 11.1 Å². The minimum Gasteiger partial charge on any atom is -0.323 e. The molecule has 0 unspecified atom stereocenters. The van der Waals surface area contributed by atoms with Crippen LogP contribution in [0.4, 0.5) is 5.00 Å². The zero-order valence-corrected chi connectivity index (χ0v) is 14.1. The highest BCUT2D eigenvalue weighted by atomic mass is 32.1. The van der Waals surface area contributed by atoms with Crippen molar-refractivity contribution < 1.29 is 4.79 Å². The van der Waals surface area contributed by atoms with Gasteiger partial charge in [0, 0.05) is 10.3 Å². The third-order valence-electron chi connectivity index (χ3n) is 3.42. The Morgan fingerprint density at radius 1 is 1.33 bits per heavy atom. The van der Waals surface area contributed by atoms with Crippen molar-refractivity contribution in [3.8, 4) is 6.07 Å². The summed E-state index contributed by atoms with van der Waals surface area (Å²) in [6.45, 7) is 5.49. The van der Waals surface area contributed by atoms with Gasteiger partial charge in [-0.1, -0.05) is 20.8 Å². The Morgan fingerprint density at radius 3 is 2.62 bits per heavy atom. The number of aryl methyl sites for hydroxylation is 1. The Bertz CT molecular complexity index is 620. The predicted octanol–water partition coefficient (Wildman–Crippen LogP) is 3.36. The lowest BCUT2D eigenvalue weighted by Gasteiger charge is -2.18. The minimum absolute atomic E-state index is 0.139. The van der Waals surface area contributed by atoms with Crippen LogP contribution in [0.3, 0.4) is 0 Å². The normalized spacial score (nSPS) is 14.0. The molecular weight excluding hydrogens is 302 g/mol. The minimum atomic E-state index is -0.502. The molecule has 6 heteroatoms. The van der Waals surface area contributed by atoms with E-state index in [1.54, 1.807) is 11.3 Å². The largest absolute Gasteiger partial charge is 0.323 e. The Morgan fingerprint density at radius 2 is 2.00 bits per heavy atom. The van der Waals surface area contributed by atoms with Crippen molar-refractivity contribution in [1.29, 1.82) is 5.26 Å². The molecule has 112 valence electrons. The fourth-order valence-electron chi connectivity index (χ4n) is 2.20. The van der Waals surface area contributed by atoms with Crippen LogP contribution in [-0.4, -0.2) is 11.0 Å². The molecule has 2 N–H and O–H groups in total. The second kappa shape index (κ2) is 6.12. The molecule has 0 spiro atoms. The molecule has 1 aliphatic carbocycles. The van der Waals surface area contributed by atoms with Crippen LogP contribution >= 0.6 is 23.6 Å². The van der Waals surface area contributed by atoms with Crippen molar-refractivity contribution in [2.45, 2.75) is 46.5 Å². The number of fused-ring (bicyclic) bond motifs is 1. The fourth-order valence-corrected chi connectivity index (χ4v) is 3.70. The Kier molecular flexibility index (Phi) is 4.64. The maximum Gasteiger partial charge on any atom is 0.231 e. The molecule has 0 aliphatic heterocycles. The number of nitrogens with one attached hydrogen (secondary N) is 2. The Labute approximate surface area is 134 Å². The van der Waals surface area contributed by atoms with Crippen LogP contribution in [0, 0.1) is 16.7 Å². The quantitative estimate of drug-likeness (QED) is 0.779. The Hall–Kier alpha value is -1.45. The molecule has 0 saturated heterocycles. The van der Waals surface area contributed by atoms with Crippen LogP contribution in [0.25, 0.3) is 0 Å². The lowest BCUT2D eigenvalue weighted by Crippen LogP contribution is -2.41. The first-order valence-electron chi connectivity index (χ1n) is 7.00. The van der Waals surface area contributed by atoms with Gasteiger partial charge in [-0.05, 0) is 43.5 Å². The average molecular weight is 321 g/mol. The SMILES string of the molecule is CC(C)(C)C(=O)NC(=S)Nc1sc2c(c1C#N)CCCC2. The summed E-state index contributed by atoms with van der Waals surface area (Å²) in [6.07, 6.45) is 4.28. The molecule has 0 aromatic carbocycles. The number of rotatable bonds is 1. The summed E-state index contributed by atoms with van der Waals surface area (Å²) >= 11 is 6.76. The summed E-state index contributed by atoms with van der Waals surface area (Å²) in [5.74, 6) is -0.139. The van der Waals surface area contributed by atoms with E-state index in [-0.39, 0.29) is 11.0 Å². The molecule has 0 bridgehead atoms. The van der Waals surface area contributed by atoms with Gasteiger partial charge in [0.05, 0.1) is 5.56 Å². The molecule has 1 aromatic heterocycles. The first kappa shape index (κ1) is 15.9. The molecule has 1 aliphatic rings. The highest BCUT2D eigenvalue weighted by molar-refractivity contribution is 7.80. The topological polar surface area (TPSA) is 64.9 Å². The van der Waals surface area contributed by atoms with Gasteiger partial charge >= 0.3 is 0 Å². The second-order valence-electron chi connectivity index (χ2n) is 6.19. The number of thiocarbonyl (C=S) groups is 1. The van der Waals surface area contributed by atoms with Crippen molar-refractivity contribution in [3.05, 3.63) is 16.0 Å². The van der Waals surface area contributed by atoms with Gasteiger partial charge in [0.15, 0.2) is 5.11 Å². The molecular formula is C15H19N3OS2. The number of hydrogen-bond acceptors (Lipinski definition) is 4. The molecule has 0 fully saturated rings. The summed E-state index contributed by atoms with van der Waals surface area (Å²) in [4.78, 5) is 13.2. The molecule has 1 aromatic rings. The number of nitriles is 1. The number of carbonyl (C=O) groups excluding carboxylic acids is 1. The number of carbonyl (C=O) groups is 1. The monoisotopic (exact) mass is 321 g/mol. The second-order valence-corrected chi connectivity index (χ2v) is 7.70. The summed E-state index contributed by atoms with van der Waals surface area (Å²) in [5, 5.41) is 16.1. The van der Waals surface area contributed by atoms with Crippen LogP contribution in [0.1, 0.15) is 49.6 Å². The molecule has 4 nitrogen and oxygen atoms in total. The standard InChI is InChI=1S/C15H19N3OS2/c1-15(2,3)13(19)18-14(20)17-12-10(8-16)9-6-4-5-7-11(9)21-12/h4-7H2,1-3H3,(H2,17,18,19,20). The summed E-state index contributed by atoms with van der Waals surface area (Å²) < 4.78 is 0. The van der Waals surface area contributed by atoms with Crippen LogP contribution < -0.4 is 10.6 Å². The van der Waals surface area contributed by atoms with Gasteiger partial charge in [-0.25, -0.2) is 0 Å². The molecule has 0 radical (unpaired) electrons. The molecule has 1 heterocycles. The molecule has 0 atom stereocenters. The summed E-state index contributed by atoms with van der Waals surface area (Å²) in [5.41, 5.74) is 1.33. The van der Waals surface area contributed by atoms with Crippen molar-refractivity contribution in [2.75, 3.05) is 5.32 Å². The van der Waals surface area contributed by atoms with E-state index in [9.17, 15) is 10.1 Å². The fraction of sp³-hybridized carbons (Fsp3) is 0.533. The molecule has 1 amide bonds. The molecule has 0 saturated carbocycles. The average Bonchev–Trinajstić information content (AvgIpc) is 2.74. The van der Waals surface area contributed by atoms with E-state index in [4.69, 9.17) is 12.2 Å². The van der Waals surface area contributed by atoms with Crippen LogP contribution in [0.5, 0.6) is 0 Å². The van der Waals surface area contributed by atoms with Gasteiger partial charge < -0.3 is 10.6 Å². The third kappa shape index (κ3) is 3.60. The molecule has 2 rings (SSSR count). The van der Waals surface area contributed by atoms with Crippen LogP contribution in [0.15, 0.2) is 0 Å². The molecule has 21 heavy (non-hydrogen) atoms. The van der Waals surface area contributed by atoms with Gasteiger partial charge in [0.25, 0.3) is 0 Å². The van der Waals surface area contributed by atoms with Gasteiger partial charge in [-0.3, -0.25) is 4.79 Å². The van der Waals surface area contributed by atoms with E-state index < -0.39 is 5.41 Å². The van der Waals surface area contributed by atoms with E-state index in [1.165, 1.54) is 11.3 Å². The number of nitrogens with zero attached hydrogens (tertiary/aromatic N) is 1. The Balaban J connectivity index is 2.13. The van der Waals surface area contributed by atoms with Crippen molar-refractivity contribution in [2.24, 2.45) is 5.41 Å². The van der Waals surface area contributed by atoms with Crippen molar-refractivity contribution in [1.82, 2.24) is 5.32 Å². The zero-order valence-electron chi connectivity index (χ0n) is 12.5. The maximum atomic E-state index is 11.9. The lowest BCUT2D eigenvalue weighted by atomic mass is 9.96. The van der Waals surface area contributed by atoms with E-state index in [0.717, 1.165) is 29.8 Å². The summed E-state index contributed by atoms with van der Waals surface area (Å²) in [6, 6.07) is 2.27. The number of amides is 1. The third-order valence-corrected chi connectivity index (χ3v) is 4.83. The highest BCUT2D eigenvalue weighted by Gasteiger charge is 2.24. The number of thiophene rings is 1. The number of anilines is 1. The number of hydrogen-bond donors (Lipinski definition) is 2. The van der Waals surface area contributed by atoms with E-state index >= 15 is 0 Å². The van der Waals surface area contributed by atoms with Crippen molar-refractivity contribution in [3.63, 3.8) is 0 Å².